The monoisotopic (exact) mass is 368 g/mol. The predicted molar refractivity (Wildman–Crippen MR) is 90.2 cm³/mol. The van der Waals surface area contributed by atoms with Crippen molar-refractivity contribution in [2.45, 2.75) is 24.1 Å². The van der Waals surface area contributed by atoms with E-state index in [2.05, 4.69) is 10.2 Å². The molecule has 1 fully saturated rings. The molecule has 2 aromatic rings. The molecule has 0 saturated carbocycles. The SMILES string of the molecule is Cc1n[nH]c(C)c1S(=O)(=O)N1CCSC1c1ccc([N+](=O)[O-])cc1. The third-order valence-electron chi connectivity index (χ3n) is 3.87. The van der Waals surface area contributed by atoms with E-state index in [4.69, 9.17) is 0 Å². The lowest BCUT2D eigenvalue weighted by atomic mass is 10.2. The minimum atomic E-state index is -3.70. The molecule has 1 aromatic heterocycles. The molecule has 1 atom stereocenters. The van der Waals surface area contributed by atoms with Crippen LogP contribution in [-0.4, -0.2) is 40.1 Å². The van der Waals surface area contributed by atoms with Gasteiger partial charge in [0, 0.05) is 24.4 Å². The normalized spacial score (nSPS) is 18.8. The number of nitro groups is 1. The van der Waals surface area contributed by atoms with Crippen molar-refractivity contribution >= 4 is 27.5 Å². The number of aryl methyl sites for hydroxylation is 2. The quantitative estimate of drug-likeness (QED) is 0.655. The van der Waals surface area contributed by atoms with Gasteiger partial charge in [-0.15, -0.1) is 11.8 Å². The number of aromatic nitrogens is 2. The van der Waals surface area contributed by atoms with E-state index in [0.29, 0.717) is 23.7 Å². The molecule has 1 aliphatic rings. The number of hydrogen-bond acceptors (Lipinski definition) is 6. The Balaban J connectivity index is 1.97. The van der Waals surface area contributed by atoms with E-state index in [-0.39, 0.29) is 10.6 Å². The topological polar surface area (TPSA) is 109 Å². The van der Waals surface area contributed by atoms with Gasteiger partial charge in [-0.3, -0.25) is 15.2 Å². The molecule has 2 heterocycles. The standard InChI is InChI=1S/C14H16N4O4S2/c1-9-13(10(2)16-15-9)24(21,22)17-7-8-23-14(17)11-3-5-12(6-4-11)18(19)20/h3-6,14H,7-8H2,1-2H3,(H,15,16). The molecule has 1 N–H and O–H groups in total. The number of nitrogens with zero attached hydrogens (tertiary/aromatic N) is 3. The molecule has 3 rings (SSSR count). The second kappa shape index (κ2) is 6.19. The van der Waals surface area contributed by atoms with Gasteiger partial charge in [-0.25, -0.2) is 8.42 Å². The van der Waals surface area contributed by atoms with Gasteiger partial charge in [-0.1, -0.05) is 0 Å². The van der Waals surface area contributed by atoms with Gasteiger partial charge < -0.3 is 0 Å². The Kier molecular flexibility index (Phi) is 4.37. The molecular weight excluding hydrogens is 352 g/mol. The first kappa shape index (κ1) is 16.9. The average Bonchev–Trinajstić information content (AvgIpc) is 3.15. The Morgan fingerprint density at radius 2 is 2.00 bits per heavy atom. The molecule has 1 unspecified atom stereocenters. The summed E-state index contributed by atoms with van der Waals surface area (Å²) >= 11 is 1.50. The largest absolute Gasteiger partial charge is 0.281 e. The summed E-state index contributed by atoms with van der Waals surface area (Å²) in [6.45, 7) is 3.72. The highest BCUT2D eigenvalue weighted by Gasteiger charge is 2.39. The molecule has 0 spiro atoms. The second-order valence-corrected chi connectivity index (χ2v) is 8.47. The summed E-state index contributed by atoms with van der Waals surface area (Å²) in [6, 6.07) is 6.01. The number of aromatic amines is 1. The van der Waals surface area contributed by atoms with Crippen molar-refractivity contribution < 1.29 is 13.3 Å². The summed E-state index contributed by atoms with van der Waals surface area (Å²) in [7, 11) is -3.70. The average molecular weight is 368 g/mol. The molecular formula is C14H16N4O4S2. The first-order valence-electron chi connectivity index (χ1n) is 7.21. The van der Waals surface area contributed by atoms with Crippen LogP contribution in [0.5, 0.6) is 0 Å². The third kappa shape index (κ3) is 2.80. The number of non-ortho nitro benzene ring substituents is 1. The van der Waals surface area contributed by atoms with Gasteiger partial charge in [-0.05, 0) is 31.5 Å². The van der Waals surface area contributed by atoms with E-state index < -0.39 is 20.3 Å². The summed E-state index contributed by atoms with van der Waals surface area (Å²) in [5.74, 6) is 0.664. The van der Waals surface area contributed by atoms with Gasteiger partial charge in [-0.2, -0.15) is 9.40 Å². The Labute approximate surface area is 143 Å². The van der Waals surface area contributed by atoms with E-state index in [1.165, 1.54) is 28.2 Å². The Morgan fingerprint density at radius 3 is 2.54 bits per heavy atom. The van der Waals surface area contributed by atoms with Gasteiger partial charge in [0.1, 0.15) is 4.90 Å². The number of H-pyrrole nitrogens is 1. The maximum Gasteiger partial charge on any atom is 0.269 e. The van der Waals surface area contributed by atoms with Crippen LogP contribution in [0.15, 0.2) is 29.2 Å². The van der Waals surface area contributed by atoms with Gasteiger partial charge >= 0.3 is 0 Å². The van der Waals surface area contributed by atoms with Crippen LogP contribution < -0.4 is 0 Å². The summed E-state index contributed by atoms with van der Waals surface area (Å²) in [5, 5.41) is 17.0. The van der Waals surface area contributed by atoms with Crippen LogP contribution in [0.25, 0.3) is 0 Å². The van der Waals surface area contributed by atoms with E-state index in [1.807, 2.05) is 0 Å². The van der Waals surface area contributed by atoms with Crippen molar-refractivity contribution in [1.29, 1.82) is 0 Å². The van der Waals surface area contributed by atoms with Gasteiger partial charge in [0.15, 0.2) is 0 Å². The first-order valence-corrected chi connectivity index (χ1v) is 9.70. The van der Waals surface area contributed by atoms with Crippen molar-refractivity contribution in [2.75, 3.05) is 12.3 Å². The van der Waals surface area contributed by atoms with Crippen molar-refractivity contribution in [3.63, 3.8) is 0 Å². The summed E-state index contributed by atoms with van der Waals surface area (Å²) < 4.78 is 27.5. The number of rotatable bonds is 4. The Bertz CT molecular complexity index is 857. The molecule has 1 aliphatic heterocycles. The molecule has 0 aliphatic carbocycles. The van der Waals surface area contributed by atoms with Crippen molar-refractivity contribution in [3.05, 3.63) is 51.3 Å². The van der Waals surface area contributed by atoms with Crippen LogP contribution in [0.1, 0.15) is 22.3 Å². The molecule has 1 aromatic carbocycles. The number of benzene rings is 1. The van der Waals surface area contributed by atoms with E-state index in [1.54, 1.807) is 26.0 Å². The molecule has 10 heteroatoms. The summed E-state index contributed by atoms with van der Waals surface area (Å²) in [6.07, 6.45) is 0. The van der Waals surface area contributed by atoms with Crippen LogP contribution in [0.3, 0.4) is 0 Å². The fourth-order valence-electron chi connectivity index (χ4n) is 2.76. The first-order chi connectivity index (χ1) is 11.3. The maximum absolute atomic E-state index is 13.0. The number of sulfonamides is 1. The fraction of sp³-hybridized carbons (Fsp3) is 0.357. The highest BCUT2D eigenvalue weighted by Crippen LogP contribution is 2.42. The molecule has 8 nitrogen and oxygen atoms in total. The van der Waals surface area contributed by atoms with E-state index in [9.17, 15) is 18.5 Å². The lowest BCUT2D eigenvalue weighted by Gasteiger charge is -2.23. The molecule has 0 bridgehead atoms. The van der Waals surface area contributed by atoms with Crippen LogP contribution in [0.4, 0.5) is 5.69 Å². The number of thioether (sulfide) groups is 1. The van der Waals surface area contributed by atoms with Crippen LogP contribution >= 0.6 is 11.8 Å². The lowest BCUT2D eigenvalue weighted by Crippen LogP contribution is -2.31. The minimum Gasteiger partial charge on any atom is -0.281 e. The van der Waals surface area contributed by atoms with Crippen LogP contribution in [-0.2, 0) is 10.0 Å². The minimum absolute atomic E-state index is 0.0160. The van der Waals surface area contributed by atoms with Crippen LogP contribution in [0.2, 0.25) is 0 Å². The highest BCUT2D eigenvalue weighted by atomic mass is 32.2. The van der Waals surface area contributed by atoms with Crippen molar-refractivity contribution in [3.8, 4) is 0 Å². The molecule has 0 radical (unpaired) electrons. The number of hydrogen-bond donors (Lipinski definition) is 1. The number of nitro benzene ring substituents is 1. The van der Waals surface area contributed by atoms with E-state index >= 15 is 0 Å². The highest BCUT2D eigenvalue weighted by molar-refractivity contribution is 8.01. The van der Waals surface area contributed by atoms with Crippen molar-refractivity contribution in [1.82, 2.24) is 14.5 Å². The Morgan fingerprint density at radius 1 is 1.33 bits per heavy atom. The lowest BCUT2D eigenvalue weighted by molar-refractivity contribution is -0.384. The smallest absolute Gasteiger partial charge is 0.269 e. The summed E-state index contributed by atoms with van der Waals surface area (Å²) in [5.41, 5.74) is 1.65. The maximum atomic E-state index is 13.0. The van der Waals surface area contributed by atoms with Crippen LogP contribution in [0, 0.1) is 24.0 Å². The van der Waals surface area contributed by atoms with Gasteiger partial charge in [0.25, 0.3) is 5.69 Å². The van der Waals surface area contributed by atoms with Gasteiger partial charge in [0.2, 0.25) is 10.0 Å². The number of nitrogens with one attached hydrogen (secondary N) is 1. The second-order valence-electron chi connectivity index (χ2n) is 5.45. The van der Waals surface area contributed by atoms with Crippen molar-refractivity contribution in [2.24, 2.45) is 0 Å². The zero-order valence-electron chi connectivity index (χ0n) is 13.1. The zero-order valence-corrected chi connectivity index (χ0v) is 14.7. The molecule has 0 amide bonds. The third-order valence-corrected chi connectivity index (χ3v) is 7.39. The molecule has 1 saturated heterocycles. The summed E-state index contributed by atoms with van der Waals surface area (Å²) in [4.78, 5) is 10.5. The van der Waals surface area contributed by atoms with Gasteiger partial charge in [0.05, 0.1) is 21.7 Å². The Hall–Kier alpha value is -1.91. The molecule has 128 valence electrons. The molecule has 24 heavy (non-hydrogen) atoms. The fourth-order valence-corrected chi connectivity index (χ4v) is 6.34. The predicted octanol–water partition coefficient (Wildman–Crippen LogP) is 2.37. The zero-order chi connectivity index (χ0) is 17.5. The van der Waals surface area contributed by atoms with E-state index in [0.717, 1.165) is 5.56 Å².